The number of hydrogen-bond donors (Lipinski definition) is 1. The Bertz CT molecular complexity index is 1180. The van der Waals surface area contributed by atoms with E-state index >= 15 is 0 Å². The Morgan fingerprint density at radius 3 is 2.14 bits per heavy atom. The fourth-order valence-electron chi connectivity index (χ4n) is 3.85. The van der Waals surface area contributed by atoms with E-state index in [2.05, 4.69) is 16.9 Å². The zero-order chi connectivity index (χ0) is 25.4. The maximum Gasteiger partial charge on any atom is 1.00 e. The molecule has 0 saturated carbocycles. The van der Waals surface area contributed by atoms with Gasteiger partial charge in [-0.3, -0.25) is 0 Å². The summed E-state index contributed by atoms with van der Waals surface area (Å²) in [5.74, 6) is 0.418. The molecule has 0 aliphatic heterocycles. The van der Waals surface area contributed by atoms with Gasteiger partial charge in [-0.1, -0.05) is 64.1 Å². The molecule has 1 atom stereocenters. The molecule has 36 heavy (non-hydrogen) atoms. The molecule has 0 radical (unpaired) electrons. The average Bonchev–Trinajstić information content (AvgIpc) is 3.16. The van der Waals surface area contributed by atoms with Crippen LogP contribution in [0.25, 0.3) is 11.0 Å². The summed E-state index contributed by atoms with van der Waals surface area (Å²) in [6, 6.07) is 2.55. The van der Waals surface area contributed by atoms with E-state index in [0.29, 0.717) is 28.8 Å². The van der Waals surface area contributed by atoms with Gasteiger partial charge in [0.2, 0.25) is 0 Å². The minimum absolute atomic E-state index is 0. The molecule has 8 nitrogen and oxygen atoms in total. The molecule has 13 heteroatoms. The second-order valence-corrected chi connectivity index (χ2v) is 12.6. The number of thiocarbonyl (C=S) groups is 1. The van der Waals surface area contributed by atoms with Crippen molar-refractivity contribution in [2.24, 2.45) is 0 Å². The number of aromatic nitrogens is 2. The van der Waals surface area contributed by atoms with Crippen molar-refractivity contribution in [3.05, 3.63) is 23.5 Å². The van der Waals surface area contributed by atoms with Gasteiger partial charge < -0.3 is 14.1 Å². The summed E-state index contributed by atoms with van der Waals surface area (Å²) in [5.41, 5.74) is 1.41. The molecule has 1 aromatic heterocycles. The third kappa shape index (κ3) is 13.5. The number of unbranched alkanes of at least 4 members (excludes halogenated alkanes) is 7. The fraction of sp³-hybridized carbons (Fsp3) is 0.652. The Kier molecular flexibility index (Phi) is 19.3. The largest absolute Gasteiger partial charge is 1.00 e. The summed E-state index contributed by atoms with van der Waals surface area (Å²) in [4.78, 5) is 7.84. The quantitative estimate of drug-likeness (QED) is 0.108. The van der Waals surface area contributed by atoms with Gasteiger partial charge in [0, 0.05) is 18.1 Å². The van der Waals surface area contributed by atoms with Gasteiger partial charge in [-0.25, -0.2) is 21.8 Å². The van der Waals surface area contributed by atoms with E-state index in [1.165, 1.54) is 57.6 Å². The first-order chi connectivity index (χ1) is 15.9. The minimum atomic E-state index is -4.68. The third-order valence-electron chi connectivity index (χ3n) is 5.95. The van der Waals surface area contributed by atoms with E-state index in [1.54, 1.807) is 0 Å². The number of aryl methyl sites for hydroxylation is 1. The second-order valence-electron chi connectivity index (χ2n) is 8.90. The number of rotatable bonds is 16. The molecule has 0 bridgehead atoms. The number of hydrogen-bond acceptors (Lipinski definition) is 8. The third-order valence-corrected chi connectivity index (χ3v) is 8.34. The number of imidazole rings is 1. The summed E-state index contributed by atoms with van der Waals surface area (Å²) in [5, 5.41) is -1.07. The number of benzene rings is 1. The zero-order valence-electron chi connectivity index (χ0n) is 21.8. The van der Waals surface area contributed by atoms with E-state index in [4.69, 9.17) is 12.2 Å². The Hall–Kier alpha value is 1.87. The van der Waals surface area contributed by atoms with Gasteiger partial charge in [-0.2, -0.15) is 0 Å². The summed E-state index contributed by atoms with van der Waals surface area (Å²) in [6.45, 7) is 3.53. The maximum atomic E-state index is 11.7. The van der Waals surface area contributed by atoms with Gasteiger partial charge in [0.15, 0.2) is 0 Å². The minimum Gasteiger partial charge on any atom is -0.748 e. The van der Waals surface area contributed by atoms with Crippen molar-refractivity contribution in [1.29, 1.82) is 0 Å². The first kappa shape index (κ1) is 37.9. The van der Waals surface area contributed by atoms with Crippen LogP contribution in [-0.4, -0.2) is 46.0 Å². The summed E-state index contributed by atoms with van der Waals surface area (Å²) in [7, 11) is -9.09. The van der Waals surface area contributed by atoms with E-state index < -0.39 is 25.5 Å². The van der Waals surface area contributed by atoms with Crippen molar-refractivity contribution in [3.8, 4) is 0 Å². The molecule has 0 aliphatic carbocycles. The number of fused-ring (bicyclic) bond motifs is 1. The van der Waals surface area contributed by atoms with Crippen LogP contribution < -0.4 is 103 Å². The van der Waals surface area contributed by atoms with Crippen molar-refractivity contribution in [1.82, 2.24) is 9.97 Å². The predicted molar refractivity (Wildman–Crippen MR) is 135 cm³/mol. The van der Waals surface area contributed by atoms with Crippen molar-refractivity contribution < 1.29 is 129 Å². The van der Waals surface area contributed by atoms with Crippen molar-refractivity contribution in [2.45, 2.75) is 101 Å². The van der Waals surface area contributed by atoms with Crippen molar-refractivity contribution in [2.75, 3.05) is 0 Å². The van der Waals surface area contributed by atoms with Crippen LogP contribution in [0.4, 0.5) is 0 Å². The van der Waals surface area contributed by atoms with Crippen LogP contribution in [0.2, 0.25) is 0 Å². The average molecular weight is 609 g/mol. The smallest absolute Gasteiger partial charge is 0.748 e. The molecule has 1 aromatic carbocycles. The fourth-order valence-corrected chi connectivity index (χ4v) is 5.10. The van der Waals surface area contributed by atoms with Crippen LogP contribution >= 0.6 is 12.2 Å². The number of H-pyrrole nitrogens is 1. The van der Waals surface area contributed by atoms with Crippen LogP contribution in [-0.2, 0) is 33.1 Å². The Morgan fingerprint density at radius 2 is 1.58 bits per heavy atom. The van der Waals surface area contributed by atoms with E-state index in [1.807, 2.05) is 0 Å². The molecule has 0 fully saturated rings. The monoisotopic (exact) mass is 608 g/mol. The van der Waals surface area contributed by atoms with E-state index in [9.17, 15) is 25.9 Å². The molecule has 2 rings (SSSR count). The topological polar surface area (TPSA) is 143 Å². The first-order valence-electron chi connectivity index (χ1n) is 11.9. The molecule has 192 valence electrons. The van der Waals surface area contributed by atoms with Gasteiger partial charge in [0.25, 0.3) is 0 Å². The summed E-state index contributed by atoms with van der Waals surface area (Å²) >= 11 is 5.54. The SMILES string of the molecule is CCCCCCCCCCC(=S)Cc1cc(S(=O)(=O)[O-])cc2[nH]c(CCC(C)S(=O)(=O)[O-])nc12.[K+].[K+]. The normalized spacial score (nSPS) is 12.7. The molecule has 1 N–H and O–H groups in total. The summed E-state index contributed by atoms with van der Waals surface area (Å²) < 4.78 is 68.4. The van der Waals surface area contributed by atoms with Gasteiger partial charge in [-0.05, 0) is 48.7 Å². The second kappa shape index (κ2) is 18.3. The van der Waals surface area contributed by atoms with Crippen molar-refractivity contribution >= 4 is 48.4 Å². The number of nitrogens with one attached hydrogen (secondary N) is 1. The van der Waals surface area contributed by atoms with Gasteiger partial charge >= 0.3 is 103 Å². The molecular formula is C23H34K2N2O6S3. The summed E-state index contributed by atoms with van der Waals surface area (Å²) in [6.07, 6.45) is 10.8. The Morgan fingerprint density at radius 1 is 1.00 bits per heavy atom. The molecule has 0 saturated heterocycles. The molecule has 2 aromatic rings. The van der Waals surface area contributed by atoms with Gasteiger partial charge in [0.05, 0.1) is 26.0 Å². The van der Waals surface area contributed by atoms with Crippen LogP contribution in [0, 0.1) is 0 Å². The van der Waals surface area contributed by atoms with E-state index in [0.717, 1.165) is 24.1 Å². The first-order valence-corrected chi connectivity index (χ1v) is 15.1. The predicted octanol–water partition coefficient (Wildman–Crippen LogP) is -1.22. The van der Waals surface area contributed by atoms with Crippen LogP contribution in [0.3, 0.4) is 0 Å². The van der Waals surface area contributed by atoms with Crippen LogP contribution in [0.1, 0.15) is 89.4 Å². The zero-order valence-corrected chi connectivity index (χ0v) is 30.5. The molecule has 1 unspecified atom stereocenters. The van der Waals surface area contributed by atoms with Crippen LogP contribution in [0.15, 0.2) is 17.0 Å². The maximum absolute atomic E-state index is 11.7. The molecule has 1 heterocycles. The van der Waals surface area contributed by atoms with Gasteiger partial charge in [-0.15, -0.1) is 0 Å². The van der Waals surface area contributed by atoms with Crippen molar-refractivity contribution in [3.63, 3.8) is 0 Å². The number of aromatic amines is 1. The molecule has 0 amide bonds. The number of nitrogens with zero attached hydrogens (tertiary/aromatic N) is 1. The molecule has 0 aliphatic rings. The van der Waals surface area contributed by atoms with E-state index in [-0.39, 0.29) is 121 Å². The van der Waals surface area contributed by atoms with Crippen LogP contribution in [0.5, 0.6) is 0 Å². The molecular weight excluding hydrogens is 575 g/mol. The standard InChI is InChI=1S/C23H36N2O6S3.2K/c1-3-4-5-6-7-8-9-10-11-19(32)14-18-15-20(34(29,30)31)16-21-23(18)25-22(24-21)13-12-17(2)33(26,27)28;;/h15-17H,3-14H2,1-2H3,(H,24,25)(H,26,27,28)(H,29,30,31);;/q;2*+1/p-2. The Balaban J connectivity index is 0.00000612. The molecule has 0 spiro atoms. The van der Waals surface area contributed by atoms with Gasteiger partial charge in [0.1, 0.15) is 15.9 Å². The Labute approximate surface area is 306 Å².